The normalized spacial score (nSPS) is 10.3. The van der Waals surface area contributed by atoms with Crippen LogP contribution in [-0.2, 0) is 11.2 Å². The van der Waals surface area contributed by atoms with Crippen LogP contribution in [0.5, 0.6) is 0 Å². The predicted molar refractivity (Wildman–Crippen MR) is 91.7 cm³/mol. The van der Waals surface area contributed by atoms with E-state index >= 15 is 0 Å². The van der Waals surface area contributed by atoms with Crippen molar-refractivity contribution in [1.29, 1.82) is 0 Å². The Balaban J connectivity index is 2.26. The molecule has 0 bridgehead atoms. The number of rotatable bonds is 5. The van der Waals surface area contributed by atoms with Crippen LogP contribution >= 0.6 is 27.3 Å². The Morgan fingerprint density at radius 3 is 2.68 bits per heavy atom. The number of aryl methyl sites for hydroxylation is 1. The summed E-state index contributed by atoms with van der Waals surface area (Å²) < 4.78 is 5.87. The Hall–Kier alpha value is -1.66. The van der Waals surface area contributed by atoms with Crippen LogP contribution in [0.1, 0.15) is 39.4 Å². The van der Waals surface area contributed by atoms with Crippen molar-refractivity contribution in [2.45, 2.75) is 20.3 Å². The highest BCUT2D eigenvalue weighted by Gasteiger charge is 2.19. The van der Waals surface area contributed by atoms with E-state index in [1.807, 2.05) is 13.0 Å². The van der Waals surface area contributed by atoms with Crippen molar-refractivity contribution in [3.8, 4) is 0 Å². The second-order valence-electron chi connectivity index (χ2n) is 4.49. The highest BCUT2D eigenvalue weighted by molar-refractivity contribution is 9.10. The summed E-state index contributed by atoms with van der Waals surface area (Å²) in [6.07, 6.45) is 0.795. The van der Waals surface area contributed by atoms with E-state index in [-0.39, 0.29) is 5.91 Å². The molecule has 0 aliphatic rings. The minimum atomic E-state index is -0.414. The van der Waals surface area contributed by atoms with Gasteiger partial charge in [-0.2, -0.15) is 0 Å². The zero-order chi connectivity index (χ0) is 16.1. The number of anilines is 1. The third-order valence-electron chi connectivity index (χ3n) is 2.94. The van der Waals surface area contributed by atoms with Crippen molar-refractivity contribution in [2.24, 2.45) is 0 Å². The van der Waals surface area contributed by atoms with Gasteiger partial charge in [-0.25, -0.2) is 4.79 Å². The van der Waals surface area contributed by atoms with E-state index in [0.717, 1.165) is 15.8 Å². The van der Waals surface area contributed by atoms with Crippen LogP contribution in [0.4, 0.5) is 5.00 Å². The molecule has 0 fully saturated rings. The topological polar surface area (TPSA) is 55.4 Å². The predicted octanol–water partition coefficient (Wildman–Crippen LogP) is 4.50. The van der Waals surface area contributed by atoms with E-state index < -0.39 is 5.97 Å². The number of amides is 1. The molecule has 4 nitrogen and oxygen atoms in total. The van der Waals surface area contributed by atoms with E-state index in [9.17, 15) is 9.59 Å². The SMILES string of the molecule is CCOC(=O)c1cc(CC)sc1NC(=O)c1cccc(Br)c1. The minimum absolute atomic E-state index is 0.253. The number of carbonyl (C=O) groups excluding carboxylic acids is 2. The first-order valence-corrected chi connectivity index (χ1v) is 8.52. The number of carbonyl (C=O) groups is 2. The van der Waals surface area contributed by atoms with Gasteiger partial charge in [0.05, 0.1) is 12.2 Å². The quantitative estimate of drug-likeness (QED) is 0.775. The average Bonchev–Trinajstić information content (AvgIpc) is 2.90. The fraction of sp³-hybridized carbons (Fsp3) is 0.250. The molecule has 0 radical (unpaired) electrons. The molecule has 0 saturated carbocycles. The van der Waals surface area contributed by atoms with Gasteiger partial charge in [0.25, 0.3) is 5.91 Å². The zero-order valence-corrected chi connectivity index (χ0v) is 14.7. The average molecular weight is 382 g/mol. The van der Waals surface area contributed by atoms with Gasteiger partial charge in [-0.05, 0) is 37.6 Å². The number of hydrogen-bond donors (Lipinski definition) is 1. The first kappa shape index (κ1) is 16.7. The maximum absolute atomic E-state index is 12.3. The van der Waals surface area contributed by atoms with Gasteiger partial charge in [0.2, 0.25) is 0 Å². The highest BCUT2D eigenvalue weighted by atomic mass is 79.9. The number of nitrogens with one attached hydrogen (secondary N) is 1. The van der Waals surface area contributed by atoms with Gasteiger partial charge in [0, 0.05) is 14.9 Å². The molecular formula is C16H16BrNO3S. The molecule has 2 rings (SSSR count). The van der Waals surface area contributed by atoms with Crippen LogP contribution in [0.2, 0.25) is 0 Å². The Kier molecular flexibility index (Phi) is 5.74. The van der Waals surface area contributed by atoms with Crippen LogP contribution < -0.4 is 5.32 Å². The van der Waals surface area contributed by atoms with E-state index in [1.165, 1.54) is 11.3 Å². The van der Waals surface area contributed by atoms with Crippen molar-refractivity contribution in [3.63, 3.8) is 0 Å². The number of benzene rings is 1. The third-order valence-corrected chi connectivity index (χ3v) is 4.63. The minimum Gasteiger partial charge on any atom is -0.462 e. The third kappa shape index (κ3) is 3.96. The van der Waals surface area contributed by atoms with Crippen molar-refractivity contribution >= 4 is 44.1 Å². The van der Waals surface area contributed by atoms with Crippen LogP contribution in [-0.4, -0.2) is 18.5 Å². The molecule has 116 valence electrons. The van der Waals surface area contributed by atoms with E-state index in [2.05, 4.69) is 21.2 Å². The monoisotopic (exact) mass is 381 g/mol. The lowest BCUT2D eigenvalue weighted by Gasteiger charge is -2.06. The van der Waals surface area contributed by atoms with Gasteiger partial charge in [-0.1, -0.05) is 28.9 Å². The number of halogens is 1. The van der Waals surface area contributed by atoms with Gasteiger partial charge in [0.15, 0.2) is 0 Å². The molecule has 1 N–H and O–H groups in total. The molecule has 0 atom stereocenters. The molecule has 1 aromatic carbocycles. The number of esters is 1. The van der Waals surface area contributed by atoms with E-state index in [1.54, 1.807) is 31.2 Å². The number of thiophene rings is 1. The van der Waals surface area contributed by atoms with Crippen molar-refractivity contribution in [3.05, 3.63) is 50.8 Å². The Bertz CT molecular complexity index is 696. The standard InChI is InChI=1S/C16H16BrNO3S/c1-3-12-9-13(16(20)21-4-2)15(22-12)18-14(19)10-6-5-7-11(17)8-10/h5-9H,3-4H2,1-2H3,(H,18,19). The van der Waals surface area contributed by atoms with Crippen molar-refractivity contribution < 1.29 is 14.3 Å². The lowest BCUT2D eigenvalue weighted by molar-refractivity contribution is 0.0528. The molecular weight excluding hydrogens is 366 g/mol. The largest absolute Gasteiger partial charge is 0.462 e. The maximum Gasteiger partial charge on any atom is 0.341 e. The molecule has 0 aliphatic heterocycles. The second-order valence-corrected chi connectivity index (χ2v) is 6.55. The Morgan fingerprint density at radius 2 is 2.05 bits per heavy atom. The molecule has 1 amide bonds. The highest BCUT2D eigenvalue weighted by Crippen LogP contribution is 2.30. The summed E-state index contributed by atoms with van der Waals surface area (Å²) >= 11 is 4.73. The van der Waals surface area contributed by atoms with Gasteiger partial charge in [-0.3, -0.25) is 4.79 Å². The van der Waals surface area contributed by atoms with Crippen LogP contribution in [0.15, 0.2) is 34.8 Å². The fourth-order valence-electron chi connectivity index (χ4n) is 1.87. The van der Waals surface area contributed by atoms with Gasteiger partial charge in [-0.15, -0.1) is 11.3 Å². The van der Waals surface area contributed by atoms with Crippen LogP contribution in [0.3, 0.4) is 0 Å². The number of hydrogen-bond acceptors (Lipinski definition) is 4. The van der Waals surface area contributed by atoms with Crippen molar-refractivity contribution in [1.82, 2.24) is 0 Å². The van der Waals surface area contributed by atoms with Gasteiger partial charge >= 0.3 is 5.97 Å². The lowest BCUT2D eigenvalue weighted by Crippen LogP contribution is -2.14. The molecule has 0 spiro atoms. The molecule has 1 heterocycles. The van der Waals surface area contributed by atoms with Crippen molar-refractivity contribution in [2.75, 3.05) is 11.9 Å². The summed E-state index contributed by atoms with van der Waals surface area (Å²) in [4.78, 5) is 25.3. The van der Waals surface area contributed by atoms with Crippen LogP contribution in [0, 0.1) is 0 Å². The van der Waals surface area contributed by atoms with E-state index in [4.69, 9.17) is 4.74 Å². The Labute approximate surface area is 141 Å². The second kappa shape index (κ2) is 7.56. The summed E-state index contributed by atoms with van der Waals surface area (Å²) in [6.45, 7) is 4.06. The molecule has 1 aromatic heterocycles. The summed E-state index contributed by atoms with van der Waals surface area (Å²) in [5.74, 6) is -0.667. The first-order valence-electron chi connectivity index (χ1n) is 6.91. The summed E-state index contributed by atoms with van der Waals surface area (Å²) in [6, 6.07) is 8.86. The van der Waals surface area contributed by atoms with Crippen LogP contribution in [0.25, 0.3) is 0 Å². The van der Waals surface area contributed by atoms with E-state index in [0.29, 0.717) is 22.7 Å². The molecule has 0 unspecified atom stereocenters. The Morgan fingerprint density at radius 1 is 1.27 bits per heavy atom. The summed E-state index contributed by atoms with van der Waals surface area (Å²) in [5, 5.41) is 3.33. The summed E-state index contributed by atoms with van der Waals surface area (Å²) in [5.41, 5.74) is 0.933. The molecule has 22 heavy (non-hydrogen) atoms. The molecule has 6 heteroatoms. The zero-order valence-electron chi connectivity index (χ0n) is 12.3. The molecule has 0 aliphatic carbocycles. The first-order chi connectivity index (χ1) is 10.5. The van der Waals surface area contributed by atoms with Gasteiger partial charge < -0.3 is 10.1 Å². The fourth-order valence-corrected chi connectivity index (χ4v) is 3.25. The molecule has 0 saturated heterocycles. The molecule has 2 aromatic rings. The maximum atomic E-state index is 12.3. The lowest BCUT2D eigenvalue weighted by atomic mass is 10.2. The summed E-state index contributed by atoms with van der Waals surface area (Å²) in [7, 11) is 0. The smallest absolute Gasteiger partial charge is 0.341 e. The van der Waals surface area contributed by atoms with Gasteiger partial charge in [0.1, 0.15) is 5.00 Å². The number of ether oxygens (including phenoxy) is 1.